The lowest BCUT2D eigenvalue weighted by molar-refractivity contribution is -0.384. The van der Waals surface area contributed by atoms with Crippen LogP contribution in [0.2, 0.25) is 10.0 Å². The molecule has 1 amide bonds. The molecule has 8 nitrogen and oxygen atoms in total. The highest BCUT2D eigenvalue weighted by atomic mass is 35.5. The first-order chi connectivity index (χ1) is 14.7. The van der Waals surface area contributed by atoms with Gasteiger partial charge in [0.15, 0.2) is 5.11 Å². The largest absolute Gasteiger partial charge is 0.506 e. The summed E-state index contributed by atoms with van der Waals surface area (Å²) in [7, 11) is 0. The average Bonchev–Trinajstić information content (AvgIpc) is 3.16. The van der Waals surface area contributed by atoms with Gasteiger partial charge in [0.05, 0.1) is 10.6 Å². The maximum atomic E-state index is 12.1. The Balaban J connectivity index is 1.62. The third-order valence-corrected chi connectivity index (χ3v) is 4.49. The van der Waals surface area contributed by atoms with Crippen LogP contribution in [0.25, 0.3) is 17.4 Å². The number of furan rings is 1. The maximum absolute atomic E-state index is 12.1. The quantitative estimate of drug-likeness (QED) is 0.148. The Kier molecular flexibility index (Phi) is 6.91. The number of amides is 1. The number of carbonyl (C=O) groups excluding carboxylic acids is 1. The van der Waals surface area contributed by atoms with Crippen LogP contribution in [0.3, 0.4) is 0 Å². The smallest absolute Gasteiger partial charge is 0.271 e. The number of nitro benzene ring substituents is 1. The number of phenolic OH excluding ortho intramolecular Hbond substituents is 1. The van der Waals surface area contributed by atoms with Crippen molar-refractivity contribution >= 4 is 63.9 Å². The summed E-state index contributed by atoms with van der Waals surface area (Å²) in [5, 5.41) is 26.3. The van der Waals surface area contributed by atoms with E-state index in [1.165, 1.54) is 12.2 Å². The number of nitro groups is 1. The average molecular weight is 478 g/mol. The molecule has 0 spiro atoms. The number of nitrogens with one attached hydrogen (secondary N) is 2. The number of non-ortho nitro benzene ring substituents is 1. The molecule has 11 heteroatoms. The van der Waals surface area contributed by atoms with Gasteiger partial charge in [-0.3, -0.25) is 20.2 Å². The number of thiocarbonyl (C=S) groups is 1. The van der Waals surface area contributed by atoms with Gasteiger partial charge in [-0.25, -0.2) is 0 Å². The molecule has 1 aromatic heterocycles. The van der Waals surface area contributed by atoms with Gasteiger partial charge in [-0.1, -0.05) is 23.2 Å². The van der Waals surface area contributed by atoms with E-state index in [0.29, 0.717) is 27.1 Å². The van der Waals surface area contributed by atoms with E-state index in [-0.39, 0.29) is 22.2 Å². The Labute approximate surface area is 191 Å². The maximum Gasteiger partial charge on any atom is 0.271 e. The van der Waals surface area contributed by atoms with E-state index >= 15 is 0 Å². The van der Waals surface area contributed by atoms with Gasteiger partial charge in [-0.15, -0.1) is 0 Å². The van der Waals surface area contributed by atoms with E-state index in [9.17, 15) is 20.0 Å². The molecule has 0 unspecified atom stereocenters. The lowest BCUT2D eigenvalue weighted by atomic mass is 10.2. The molecular weight excluding hydrogens is 465 g/mol. The summed E-state index contributed by atoms with van der Waals surface area (Å²) in [6.07, 6.45) is 2.62. The number of carbonyl (C=O) groups is 1. The number of rotatable bonds is 5. The predicted molar refractivity (Wildman–Crippen MR) is 122 cm³/mol. The summed E-state index contributed by atoms with van der Waals surface area (Å²) in [6, 6.07) is 11.7. The SMILES string of the molecule is O=C(/C=C/c1ccc(-c2cc(Cl)cc(Cl)c2)o1)NC(=S)Nc1cc([N+](=O)[O-])ccc1O. The molecule has 0 aliphatic heterocycles. The molecule has 1 heterocycles. The number of anilines is 1. The Bertz CT molecular complexity index is 1190. The molecule has 0 radical (unpaired) electrons. The molecule has 3 aromatic rings. The zero-order chi connectivity index (χ0) is 22.5. The van der Waals surface area contributed by atoms with Crippen molar-refractivity contribution < 1.29 is 19.2 Å². The zero-order valence-corrected chi connectivity index (χ0v) is 17.8. The van der Waals surface area contributed by atoms with Crippen molar-refractivity contribution in [3.05, 3.63) is 80.5 Å². The number of hydrogen-bond acceptors (Lipinski definition) is 6. The van der Waals surface area contributed by atoms with Crippen LogP contribution in [0.4, 0.5) is 11.4 Å². The van der Waals surface area contributed by atoms with Crippen LogP contribution in [0.15, 0.2) is 59.0 Å². The lowest BCUT2D eigenvalue weighted by Gasteiger charge is -2.09. The molecule has 0 aliphatic rings. The molecule has 31 heavy (non-hydrogen) atoms. The van der Waals surface area contributed by atoms with Crippen LogP contribution in [0, 0.1) is 10.1 Å². The van der Waals surface area contributed by atoms with Crippen LogP contribution >= 0.6 is 35.4 Å². The van der Waals surface area contributed by atoms with E-state index in [1.807, 2.05) is 0 Å². The van der Waals surface area contributed by atoms with Gasteiger partial charge in [0.2, 0.25) is 5.91 Å². The first-order valence-corrected chi connectivity index (χ1v) is 9.71. The topological polar surface area (TPSA) is 118 Å². The third-order valence-electron chi connectivity index (χ3n) is 3.85. The fourth-order valence-corrected chi connectivity index (χ4v) is 3.23. The highest BCUT2D eigenvalue weighted by Crippen LogP contribution is 2.29. The number of hydrogen-bond donors (Lipinski definition) is 3. The molecule has 2 aromatic carbocycles. The number of nitrogens with zero attached hydrogens (tertiary/aromatic N) is 1. The molecule has 3 N–H and O–H groups in total. The van der Waals surface area contributed by atoms with Gasteiger partial charge in [0.1, 0.15) is 17.3 Å². The van der Waals surface area contributed by atoms with Gasteiger partial charge in [-0.2, -0.15) is 0 Å². The van der Waals surface area contributed by atoms with Gasteiger partial charge < -0.3 is 14.8 Å². The van der Waals surface area contributed by atoms with E-state index < -0.39 is 10.8 Å². The highest BCUT2D eigenvalue weighted by Gasteiger charge is 2.12. The monoisotopic (exact) mass is 477 g/mol. The van der Waals surface area contributed by atoms with E-state index in [4.69, 9.17) is 39.8 Å². The van der Waals surface area contributed by atoms with Crippen LogP contribution in [-0.2, 0) is 4.79 Å². The summed E-state index contributed by atoms with van der Waals surface area (Å²) in [5.74, 6) is 0.0763. The molecule has 0 bridgehead atoms. The molecule has 3 rings (SSSR count). The summed E-state index contributed by atoms with van der Waals surface area (Å²) >= 11 is 17.0. The van der Waals surface area contributed by atoms with Crippen molar-refractivity contribution in [2.75, 3.05) is 5.32 Å². The van der Waals surface area contributed by atoms with Crippen molar-refractivity contribution in [3.63, 3.8) is 0 Å². The standard InChI is InChI=1S/C20H13Cl2N3O5S/c21-12-7-11(8-13(22)9-12)18-5-2-15(30-18)3-6-19(27)24-20(31)23-16-10-14(25(28)29)1-4-17(16)26/h1-10,26H,(H2,23,24,27,31)/b6-3+. The lowest BCUT2D eigenvalue weighted by Crippen LogP contribution is -2.32. The highest BCUT2D eigenvalue weighted by molar-refractivity contribution is 7.80. The number of aromatic hydroxyl groups is 1. The fraction of sp³-hybridized carbons (Fsp3) is 0. The van der Waals surface area contributed by atoms with Gasteiger partial charge in [-0.05, 0) is 54.7 Å². The second kappa shape index (κ2) is 9.61. The predicted octanol–water partition coefficient (Wildman–Crippen LogP) is 5.39. The number of benzene rings is 2. The van der Waals surface area contributed by atoms with E-state index in [0.717, 1.165) is 18.2 Å². The Morgan fingerprint density at radius 2 is 1.84 bits per heavy atom. The van der Waals surface area contributed by atoms with E-state index in [2.05, 4.69) is 10.6 Å². The minimum Gasteiger partial charge on any atom is -0.506 e. The molecule has 0 atom stereocenters. The van der Waals surface area contributed by atoms with Crippen molar-refractivity contribution in [3.8, 4) is 17.1 Å². The van der Waals surface area contributed by atoms with Crippen molar-refractivity contribution in [1.29, 1.82) is 0 Å². The van der Waals surface area contributed by atoms with Gasteiger partial charge in [0.25, 0.3) is 5.69 Å². The molecule has 0 aliphatic carbocycles. The van der Waals surface area contributed by atoms with Crippen molar-refractivity contribution in [2.45, 2.75) is 0 Å². The fourth-order valence-electron chi connectivity index (χ4n) is 2.50. The summed E-state index contributed by atoms with van der Waals surface area (Å²) < 4.78 is 5.65. The number of halogens is 2. The van der Waals surface area contributed by atoms with E-state index in [1.54, 1.807) is 30.3 Å². The van der Waals surface area contributed by atoms with Crippen LogP contribution in [0.1, 0.15) is 5.76 Å². The molecule has 158 valence electrons. The van der Waals surface area contributed by atoms with Crippen LogP contribution < -0.4 is 10.6 Å². The number of phenols is 1. The van der Waals surface area contributed by atoms with Crippen molar-refractivity contribution in [1.82, 2.24) is 5.32 Å². The van der Waals surface area contributed by atoms with Crippen molar-refractivity contribution in [2.24, 2.45) is 0 Å². The molecular formula is C20H13Cl2N3O5S. The first kappa shape index (κ1) is 22.3. The first-order valence-electron chi connectivity index (χ1n) is 8.55. The van der Waals surface area contributed by atoms with Gasteiger partial charge in [0, 0.05) is 33.8 Å². The molecule has 0 saturated heterocycles. The van der Waals surface area contributed by atoms with Crippen LogP contribution in [0.5, 0.6) is 5.75 Å². The second-order valence-electron chi connectivity index (χ2n) is 6.10. The third kappa shape index (κ3) is 6.05. The minimum atomic E-state index is -0.621. The van der Waals surface area contributed by atoms with Gasteiger partial charge >= 0.3 is 0 Å². The zero-order valence-electron chi connectivity index (χ0n) is 15.5. The summed E-state index contributed by atoms with van der Waals surface area (Å²) in [6.45, 7) is 0. The Morgan fingerprint density at radius 3 is 2.52 bits per heavy atom. The second-order valence-corrected chi connectivity index (χ2v) is 7.38. The Hall–Kier alpha value is -3.40. The molecule has 0 fully saturated rings. The normalized spacial score (nSPS) is 10.8. The minimum absolute atomic E-state index is 0.0145. The van der Waals surface area contributed by atoms with Crippen LogP contribution in [-0.4, -0.2) is 21.0 Å². The summed E-state index contributed by atoms with van der Waals surface area (Å²) in [4.78, 5) is 22.3. The molecule has 0 saturated carbocycles. The Morgan fingerprint density at radius 1 is 1.13 bits per heavy atom. The summed E-state index contributed by atoms with van der Waals surface area (Å²) in [5.41, 5.74) is 0.423.